The predicted molar refractivity (Wildman–Crippen MR) is 86.4 cm³/mol. The first-order valence-corrected chi connectivity index (χ1v) is 7.52. The van der Waals surface area contributed by atoms with Crippen LogP contribution in [-0.2, 0) is 6.54 Å². The highest BCUT2D eigenvalue weighted by Gasteiger charge is 2.32. The van der Waals surface area contributed by atoms with Crippen LogP contribution in [0.5, 0.6) is 0 Å². The fourth-order valence-corrected chi connectivity index (χ4v) is 2.27. The summed E-state index contributed by atoms with van der Waals surface area (Å²) in [4.78, 5) is 20.8. The van der Waals surface area contributed by atoms with Crippen LogP contribution in [0.3, 0.4) is 0 Å². The lowest BCUT2D eigenvalue weighted by Gasteiger charge is -2.20. The van der Waals surface area contributed by atoms with Crippen LogP contribution < -0.4 is 5.32 Å². The topological polar surface area (TPSA) is 57.1 Å². The molecule has 130 valence electrons. The van der Waals surface area contributed by atoms with Gasteiger partial charge in [-0.2, -0.15) is 0 Å². The highest BCUT2D eigenvalue weighted by molar-refractivity contribution is 6.13. The molecule has 0 saturated heterocycles. The zero-order valence-electron chi connectivity index (χ0n) is 13.7. The molecule has 0 aliphatic carbocycles. The molecule has 1 aliphatic heterocycles. The van der Waals surface area contributed by atoms with E-state index < -0.39 is 11.7 Å². The second-order valence-electron chi connectivity index (χ2n) is 5.47. The molecule has 1 heterocycles. The fourth-order valence-electron chi connectivity index (χ4n) is 2.27. The Bertz CT molecular complexity index is 695. The van der Waals surface area contributed by atoms with Crippen LogP contribution in [0.25, 0.3) is 0 Å². The standard InChI is InChI=1S/C16H19F3N4O/c1-4-23(15(24)20-3)9-10-5-6-11(12(17)7-10)14-21-8-13(22-14)16(2,18)19/h5-7H,4,8-9H2,1-3H3,(H,20,24). The molecule has 2 rings (SSSR count). The molecule has 0 saturated carbocycles. The van der Waals surface area contributed by atoms with Crippen molar-refractivity contribution >= 4 is 17.6 Å². The van der Waals surface area contributed by atoms with Gasteiger partial charge in [0.15, 0.2) is 5.84 Å². The van der Waals surface area contributed by atoms with E-state index in [2.05, 4.69) is 15.3 Å². The second kappa shape index (κ2) is 7.02. The van der Waals surface area contributed by atoms with Gasteiger partial charge in [-0.05, 0) is 24.6 Å². The quantitative estimate of drug-likeness (QED) is 0.880. The number of hydrogen-bond donors (Lipinski definition) is 1. The Hall–Kier alpha value is -2.38. The van der Waals surface area contributed by atoms with Gasteiger partial charge in [-0.1, -0.05) is 6.07 Å². The molecule has 1 aliphatic rings. The molecule has 1 aromatic carbocycles. The Kier molecular flexibility index (Phi) is 5.26. The van der Waals surface area contributed by atoms with Crippen molar-refractivity contribution in [1.82, 2.24) is 10.2 Å². The third-order valence-electron chi connectivity index (χ3n) is 3.66. The SMILES string of the molecule is CCN(Cc1ccc(C2=NCC(C(C)(F)F)=N2)c(F)c1)C(=O)NC. The van der Waals surface area contributed by atoms with Crippen LogP contribution in [0.1, 0.15) is 25.0 Å². The number of hydrogen-bond acceptors (Lipinski definition) is 3. The summed E-state index contributed by atoms with van der Waals surface area (Å²) in [6, 6.07) is 4.08. The summed E-state index contributed by atoms with van der Waals surface area (Å²) in [6.45, 7) is 3.02. The largest absolute Gasteiger partial charge is 0.341 e. The molecular weight excluding hydrogens is 321 g/mol. The van der Waals surface area contributed by atoms with Gasteiger partial charge in [-0.25, -0.2) is 23.0 Å². The van der Waals surface area contributed by atoms with E-state index in [0.29, 0.717) is 12.1 Å². The van der Waals surface area contributed by atoms with Gasteiger partial charge < -0.3 is 10.2 Å². The molecule has 0 fully saturated rings. The van der Waals surface area contributed by atoms with Crippen LogP contribution in [0.15, 0.2) is 28.2 Å². The highest BCUT2D eigenvalue weighted by Crippen LogP contribution is 2.21. The summed E-state index contributed by atoms with van der Waals surface area (Å²) in [5.74, 6) is -3.71. The molecule has 1 aromatic rings. The van der Waals surface area contributed by atoms with Gasteiger partial charge in [0, 0.05) is 27.1 Å². The third kappa shape index (κ3) is 3.93. The molecule has 0 spiro atoms. The molecule has 24 heavy (non-hydrogen) atoms. The minimum absolute atomic E-state index is 0.0331. The zero-order valence-corrected chi connectivity index (χ0v) is 13.7. The predicted octanol–water partition coefficient (Wildman–Crippen LogP) is 2.84. The summed E-state index contributed by atoms with van der Waals surface area (Å²) in [7, 11) is 1.52. The van der Waals surface area contributed by atoms with Crippen LogP contribution in [0, 0.1) is 5.82 Å². The van der Waals surface area contributed by atoms with Gasteiger partial charge in [-0.15, -0.1) is 0 Å². The number of rotatable bonds is 5. The van der Waals surface area contributed by atoms with Crippen LogP contribution in [-0.4, -0.2) is 48.5 Å². The zero-order chi connectivity index (χ0) is 17.9. The Labute approximate surface area is 138 Å². The van der Waals surface area contributed by atoms with Crippen molar-refractivity contribution in [1.29, 1.82) is 0 Å². The maximum Gasteiger partial charge on any atom is 0.317 e. The van der Waals surface area contributed by atoms with Crippen LogP contribution in [0.2, 0.25) is 0 Å². The lowest BCUT2D eigenvalue weighted by Crippen LogP contribution is -2.37. The van der Waals surface area contributed by atoms with Crippen molar-refractivity contribution in [2.24, 2.45) is 9.98 Å². The molecule has 0 bridgehead atoms. The number of carbonyl (C=O) groups excluding carboxylic acids is 1. The summed E-state index contributed by atoms with van der Waals surface area (Å²) in [5, 5.41) is 2.51. The van der Waals surface area contributed by atoms with E-state index in [4.69, 9.17) is 0 Å². The molecule has 1 N–H and O–H groups in total. The molecule has 0 atom stereocenters. The van der Waals surface area contributed by atoms with Gasteiger partial charge in [-0.3, -0.25) is 4.99 Å². The number of nitrogens with zero attached hydrogens (tertiary/aromatic N) is 3. The second-order valence-corrected chi connectivity index (χ2v) is 5.47. The van der Waals surface area contributed by atoms with E-state index in [-0.39, 0.29) is 36.2 Å². The number of benzene rings is 1. The summed E-state index contributed by atoms with van der Waals surface area (Å²) < 4.78 is 40.8. The van der Waals surface area contributed by atoms with Crippen molar-refractivity contribution in [2.45, 2.75) is 26.3 Å². The number of amidine groups is 1. The van der Waals surface area contributed by atoms with Gasteiger partial charge >= 0.3 is 6.03 Å². The van der Waals surface area contributed by atoms with E-state index in [0.717, 1.165) is 6.92 Å². The normalized spacial score (nSPS) is 14.2. The smallest absolute Gasteiger partial charge is 0.317 e. The lowest BCUT2D eigenvalue weighted by atomic mass is 10.1. The number of alkyl halides is 2. The Morgan fingerprint density at radius 3 is 2.62 bits per heavy atom. The molecule has 0 aromatic heterocycles. The van der Waals surface area contributed by atoms with Crippen LogP contribution in [0.4, 0.5) is 18.0 Å². The number of carbonyl (C=O) groups is 1. The van der Waals surface area contributed by atoms with Gasteiger partial charge in [0.05, 0.1) is 12.1 Å². The molecule has 2 amide bonds. The molecule has 5 nitrogen and oxygen atoms in total. The number of amides is 2. The van der Waals surface area contributed by atoms with Crippen molar-refractivity contribution in [3.05, 3.63) is 35.1 Å². The van der Waals surface area contributed by atoms with Crippen molar-refractivity contribution in [3.8, 4) is 0 Å². The van der Waals surface area contributed by atoms with Crippen molar-refractivity contribution in [3.63, 3.8) is 0 Å². The van der Waals surface area contributed by atoms with E-state index in [1.54, 1.807) is 6.07 Å². The highest BCUT2D eigenvalue weighted by atomic mass is 19.3. The minimum Gasteiger partial charge on any atom is -0.341 e. The Morgan fingerprint density at radius 1 is 1.42 bits per heavy atom. The maximum atomic E-state index is 14.3. The van der Waals surface area contributed by atoms with Gasteiger partial charge in [0.1, 0.15) is 11.5 Å². The average Bonchev–Trinajstić information content (AvgIpc) is 3.01. The fraction of sp³-hybridized carbons (Fsp3) is 0.438. The lowest BCUT2D eigenvalue weighted by molar-refractivity contribution is 0.0997. The van der Waals surface area contributed by atoms with Crippen molar-refractivity contribution in [2.75, 3.05) is 20.1 Å². The molecule has 0 unspecified atom stereocenters. The Balaban J connectivity index is 2.19. The number of halogens is 3. The maximum absolute atomic E-state index is 14.3. The summed E-state index contributed by atoms with van der Waals surface area (Å²) >= 11 is 0. The molecular formula is C16H19F3N4O. The van der Waals surface area contributed by atoms with Gasteiger partial charge in [0.2, 0.25) is 0 Å². The average molecular weight is 340 g/mol. The molecule has 0 radical (unpaired) electrons. The third-order valence-corrected chi connectivity index (χ3v) is 3.66. The number of urea groups is 1. The van der Waals surface area contributed by atoms with E-state index in [1.165, 1.54) is 24.1 Å². The summed E-state index contributed by atoms with van der Waals surface area (Å²) in [5.41, 5.74) is 0.282. The van der Waals surface area contributed by atoms with E-state index in [1.807, 2.05) is 6.92 Å². The summed E-state index contributed by atoms with van der Waals surface area (Å²) in [6.07, 6.45) is 0. The number of nitrogens with one attached hydrogen (secondary N) is 1. The monoisotopic (exact) mass is 340 g/mol. The first-order valence-electron chi connectivity index (χ1n) is 7.52. The minimum atomic E-state index is -3.07. The first-order chi connectivity index (χ1) is 11.3. The van der Waals surface area contributed by atoms with Crippen LogP contribution >= 0.6 is 0 Å². The van der Waals surface area contributed by atoms with Crippen molar-refractivity contribution < 1.29 is 18.0 Å². The van der Waals surface area contributed by atoms with E-state index in [9.17, 15) is 18.0 Å². The van der Waals surface area contributed by atoms with E-state index >= 15 is 0 Å². The van der Waals surface area contributed by atoms with Gasteiger partial charge in [0.25, 0.3) is 5.92 Å². The first kappa shape index (κ1) is 18.0. The molecule has 8 heteroatoms. The number of aliphatic imine (C=N–C) groups is 2. The Morgan fingerprint density at radius 2 is 2.12 bits per heavy atom.